The first-order valence-corrected chi connectivity index (χ1v) is 15.1. The van der Waals surface area contributed by atoms with Crippen LogP contribution in [0, 0.1) is 11.3 Å². The van der Waals surface area contributed by atoms with Gasteiger partial charge in [-0.25, -0.2) is 4.98 Å². The maximum absolute atomic E-state index is 9.43. The number of anilines is 1. The highest BCUT2D eigenvalue weighted by molar-refractivity contribution is 5.97. The third kappa shape index (κ3) is 3.95. The summed E-state index contributed by atoms with van der Waals surface area (Å²) in [7, 11) is 1.79. The van der Waals surface area contributed by atoms with Gasteiger partial charge in [-0.3, -0.25) is 4.90 Å². The zero-order chi connectivity index (χ0) is 27.0. The third-order valence-corrected chi connectivity index (χ3v) is 9.95. The SMILES string of the molecule is COc1cc(CN2C[C@H](N)C3(CC3)C2)cc2nc(-c3cc4cccc5c4n3CCN5CCCO)n(CC3CC3)c12. The number of imidazole rings is 1. The molecule has 4 heterocycles. The molecular formula is C32H40N6O2. The Morgan fingerprint density at radius 2 is 2.00 bits per heavy atom. The Bertz CT molecular complexity index is 1600. The molecule has 0 bridgehead atoms. The first-order chi connectivity index (χ1) is 19.6. The van der Waals surface area contributed by atoms with E-state index in [0.29, 0.717) is 17.4 Å². The van der Waals surface area contributed by atoms with Crippen LogP contribution in [-0.4, -0.2) is 70.1 Å². The number of nitrogens with zero attached hydrogens (tertiary/aromatic N) is 5. The highest BCUT2D eigenvalue weighted by Crippen LogP contribution is 2.52. The van der Waals surface area contributed by atoms with Crippen LogP contribution < -0.4 is 15.4 Å². The van der Waals surface area contributed by atoms with Crippen molar-refractivity contribution in [3.8, 4) is 17.3 Å². The van der Waals surface area contributed by atoms with Gasteiger partial charge >= 0.3 is 0 Å². The van der Waals surface area contributed by atoms with Gasteiger partial charge in [-0.05, 0) is 73.3 Å². The second-order valence-corrected chi connectivity index (χ2v) is 12.8. The standard InChI is InChI=1S/C32H40N6O2/c1-40-27-15-22(17-35-19-28(33)32(20-35)8-9-32)14-24-30(27)38(18-21-6-7-21)31(34-24)26-16-23-4-2-5-25-29(23)37(26)12-11-36(25)10-3-13-39/h2,4-5,14-16,21,28,39H,3,6-13,17-20,33H2,1H3/t28-/m0/s1. The van der Waals surface area contributed by atoms with E-state index in [4.69, 9.17) is 15.5 Å². The maximum atomic E-state index is 9.43. The Hall–Kier alpha value is -3.07. The number of fused-ring (bicyclic) bond motifs is 1. The predicted octanol–water partition coefficient (Wildman–Crippen LogP) is 4.20. The first-order valence-electron chi connectivity index (χ1n) is 15.1. The second-order valence-electron chi connectivity index (χ2n) is 12.8. The highest BCUT2D eigenvalue weighted by Gasteiger charge is 2.53. The van der Waals surface area contributed by atoms with E-state index >= 15 is 0 Å². The van der Waals surface area contributed by atoms with E-state index in [0.717, 1.165) is 74.8 Å². The normalized spacial score (nSPS) is 21.8. The van der Waals surface area contributed by atoms with Crippen LogP contribution in [0.25, 0.3) is 33.5 Å². The number of hydrogen-bond donors (Lipinski definition) is 2. The van der Waals surface area contributed by atoms with Crippen molar-refractivity contribution in [3.05, 3.63) is 42.0 Å². The number of aliphatic hydroxyl groups excluding tert-OH is 1. The molecule has 1 spiro atoms. The number of aromatic nitrogens is 3. The number of benzene rings is 2. The van der Waals surface area contributed by atoms with Gasteiger partial charge in [-0.15, -0.1) is 0 Å². The lowest BCUT2D eigenvalue weighted by molar-refractivity contribution is 0.289. The van der Waals surface area contributed by atoms with E-state index in [1.807, 2.05) is 0 Å². The van der Waals surface area contributed by atoms with Crippen LogP contribution in [0.1, 0.15) is 37.7 Å². The molecule has 2 saturated carbocycles. The van der Waals surface area contributed by atoms with Gasteiger partial charge in [0.15, 0.2) is 5.82 Å². The van der Waals surface area contributed by atoms with E-state index < -0.39 is 0 Å². The summed E-state index contributed by atoms with van der Waals surface area (Å²) in [6.07, 6.45) is 5.90. The number of nitrogens with two attached hydrogens (primary N) is 1. The summed E-state index contributed by atoms with van der Waals surface area (Å²) in [5.74, 6) is 2.67. The first kappa shape index (κ1) is 24.7. The molecule has 2 aromatic heterocycles. The van der Waals surface area contributed by atoms with Crippen LogP contribution in [0.3, 0.4) is 0 Å². The van der Waals surface area contributed by atoms with Gasteiger partial charge in [0.2, 0.25) is 0 Å². The van der Waals surface area contributed by atoms with Gasteiger partial charge in [0.05, 0.1) is 29.5 Å². The van der Waals surface area contributed by atoms with E-state index in [-0.39, 0.29) is 6.61 Å². The van der Waals surface area contributed by atoms with Crippen LogP contribution in [0.15, 0.2) is 36.4 Å². The lowest BCUT2D eigenvalue weighted by Gasteiger charge is -2.31. The van der Waals surface area contributed by atoms with E-state index in [1.165, 1.54) is 53.5 Å². The van der Waals surface area contributed by atoms with Gasteiger partial charge in [0.1, 0.15) is 11.3 Å². The highest BCUT2D eigenvalue weighted by atomic mass is 16.5. The number of ether oxygens (including phenoxy) is 1. The second kappa shape index (κ2) is 9.23. The molecule has 2 aromatic carbocycles. The summed E-state index contributed by atoms with van der Waals surface area (Å²) in [5, 5.41) is 10.7. The Morgan fingerprint density at radius 3 is 2.75 bits per heavy atom. The molecule has 8 rings (SSSR count). The molecule has 8 heteroatoms. The fourth-order valence-corrected chi connectivity index (χ4v) is 7.44. The minimum absolute atomic E-state index is 0.221. The van der Waals surface area contributed by atoms with Crippen LogP contribution in [0.2, 0.25) is 0 Å². The molecule has 4 aliphatic rings. The van der Waals surface area contributed by atoms with Crippen LogP contribution in [0.5, 0.6) is 5.75 Å². The average Bonchev–Trinajstić information content (AvgIpc) is 3.84. The van der Waals surface area contributed by atoms with Crippen molar-refractivity contribution in [2.45, 2.75) is 57.8 Å². The molecule has 1 saturated heterocycles. The monoisotopic (exact) mass is 540 g/mol. The number of likely N-dealkylation sites (tertiary alicyclic amines) is 1. The number of aliphatic hydroxyl groups is 1. The summed E-state index contributed by atoms with van der Waals surface area (Å²) < 4.78 is 11.0. The predicted molar refractivity (Wildman–Crippen MR) is 159 cm³/mol. The van der Waals surface area contributed by atoms with Crippen molar-refractivity contribution < 1.29 is 9.84 Å². The summed E-state index contributed by atoms with van der Waals surface area (Å²) in [4.78, 5) is 10.3. The Labute approximate surface area is 235 Å². The fourth-order valence-electron chi connectivity index (χ4n) is 7.44. The van der Waals surface area contributed by atoms with Crippen molar-refractivity contribution in [2.75, 3.05) is 44.8 Å². The minimum Gasteiger partial charge on any atom is -0.494 e. The van der Waals surface area contributed by atoms with Gasteiger partial charge in [-0.1, -0.05) is 12.1 Å². The Balaban J connectivity index is 1.23. The van der Waals surface area contributed by atoms with Gasteiger partial charge < -0.3 is 29.6 Å². The van der Waals surface area contributed by atoms with Crippen LogP contribution in [0.4, 0.5) is 5.69 Å². The van der Waals surface area contributed by atoms with Crippen molar-refractivity contribution >= 4 is 27.6 Å². The molecule has 4 aromatic rings. The summed E-state index contributed by atoms with van der Waals surface area (Å²) in [6, 6.07) is 13.7. The molecule has 0 unspecified atom stereocenters. The summed E-state index contributed by atoms with van der Waals surface area (Å²) in [6.45, 7) is 6.88. The van der Waals surface area contributed by atoms with Gasteiger partial charge in [0, 0.05) is 63.8 Å². The van der Waals surface area contributed by atoms with Crippen molar-refractivity contribution in [3.63, 3.8) is 0 Å². The molecule has 3 fully saturated rings. The molecule has 210 valence electrons. The minimum atomic E-state index is 0.221. The van der Waals surface area contributed by atoms with E-state index in [9.17, 15) is 5.11 Å². The number of methoxy groups -OCH3 is 1. The molecule has 3 N–H and O–H groups in total. The topological polar surface area (TPSA) is 84.7 Å². The van der Waals surface area contributed by atoms with E-state index in [1.54, 1.807) is 7.11 Å². The molecular weight excluding hydrogens is 500 g/mol. The smallest absolute Gasteiger partial charge is 0.157 e. The number of rotatable bonds is 9. The molecule has 0 radical (unpaired) electrons. The number of hydrogen-bond acceptors (Lipinski definition) is 6. The summed E-state index contributed by atoms with van der Waals surface area (Å²) in [5.41, 5.74) is 14.0. The van der Waals surface area contributed by atoms with Crippen molar-refractivity contribution in [1.29, 1.82) is 0 Å². The molecule has 8 nitrogen and oxygen atoms in total. The van der Waals surface area contributed by atoms with Crippen LogP contribution in [-0.2, 0) is 19.6 Å². The molecule has 2 aliphatic heterocycles. The fraction of sp³-hybridized carbons (Fsp3) is 0.531. The molecule has 2 aliphatic carbocycles. The van der Waals surface area contributed by atoms with Crippen molar-refractivity contribution in [1.82, 2.24) is 19.0 Å². The van der Waals surface area contributed by atoms with Crippen LogP contribution >= 0.6 is 0 Å². The molecule has 40 heavy (non-hydrogen) atoms. The van der Waals surface area contributed by atoms with E-state index in [2.05, 4.69) is 55.3 Å². The van der Waals surface area contributed by atoms with Gasteiger partial charge in [0.25, 0.3) is 0 Å². The largest absolute Gasteiger partial charge is 0.494 e. The lowest BCUT2D eigenvalue weighted by Crippen LogP contribution is -2.33. The number of para-hydroxylation sites is 1. The lowest BCUT2D eigenvalue weighted by atomic mass is 10.0. The quantitative estimate of drug-likeness (QED) is 0.331. The summed E-state index contributed by atoms with van der Waals surface area (Å²) >= 11 is 0. The molecule has 1 atom stereocenters. The van der Waals surface area contributed by atoms with Gasteiger partial charge in [-0.2, -0.15) is 0 Å². The average molecular weight is 541 g/mol. The zero-order valence-electron chi connectivity index (χ0n) is 23.5. The van der Waals surface area contributed by atoms with Crippen molar-refractivity contribution in [2.24, 2.45) is 17.1 Å². The Morgan fingerprint density at radius 1 is 1.12 bits per heavy atom. The third-order valence-electron chi connectivity index (χ3n) is 9.95. The zero-order valence-corrected chi connectivity index (χ0v) is 23.5. The molecule has 0 amide bonds. The Kier molecular flexibility index (Phi) is 5.70. The maximum Gasteiger partial charge on any atom is 0.157 e.